The molecule has 0 saturated carbocycles. The van der Waals surface area contributed by atoms with Gasteiger partial charge < -0.3 is 10.6 Å². The maximum absolute atomic E-state index is 12.8. The average Bonchev–Trinajstić information content (AvgIpc) is 2.99. The van der Waals surface area contributed by atoms with Crippen molar-refractivity contribution >= 4 is 40.7 Å². The van der Waals surface area contributed by atoms with E-state index in [2.05, 4.69) is 10.6 Å². The third-order valence-electron chi connectivity index (χ3n) is 5.07. The van der Waals surface area contributed by atoms with Crippen LogP contribution in [0.4, 0.5) is 17.1 Å². The maximum atomic E-state index is 12.8. The summed E-state index contributed by atoms with van der Waals surface area (Å²) in [5.41, 5.74) is 3.22. The summed E-state index contributed by atoms with van der Waals surface area (Å²) in [5, 5.41) is 5.62. The highest BCUT2D eigenvalue weighted by Crippen LogP contribution is 2.33. The SMILES string of the molecule is Cc1cc(NC(=O)[C@@H]2CC(=O)Nc3ccccc32)ccc1N1C(=O)CCC1=O. The number of nitrogens with one attached hydrogen (secondary N) is 2. The fourth-order valence-corrected chi connectivity index (χ4v) is 3.70. The number of hydrogen-bond acceptors (Lipinski definition) is 4. The van der Waals surface area contributed by atoms with Crippen LogP contribution in [0.2, 0.25) is 0 Å². The van der Waals surface area contributed by atoms with Crippen LogP contribution in [0.1, 0.15) is 36.3 Å². The lowest BCUT2D eigenvalue weighted by molar-refractivity contribution is -0.123. The van der Waals surface area contributed by atoms with Gasteiger partial charge >= 0.3 is 0 Å². The molecule has 0 aromatic heterocycles. The van der Waals surface area contributed by atoms with E-state index in [1.165, 1.54) is 4.90 Å². The number of carbonyl (C=O) groups is 4. The summed E-state index contributed by atoms with van der Waals surface area (Å²) in [7, 11) is 0. The van der Waals surface area contributed by atoms with Crippen molar-refractivity contribution in [2.75, 3.05) is 15.5 Å². The molecule has 1 saturated heterocycles. The van der Waals surface area contributed by atoms with Gasteiger partial charge in [0, 0.05) is 30.6 Å². The van der Waals surface area contributed by atoms with Crippen LogP contribution in [-0.2, 0) is 19.2 Å². The largest absolute Gasteiger partial charge is 0.326 e. The highest BCUT2D eigenvalue weighted by atomic mass is 16.2. The number of amides is 4. The molecule has 1 fully saturated rings. The molecule has 4 amide bonds. The molecule has 2 aromatic rings. The Morgan fingerprint density at radius 1 is 1.07 bits per heavy atom. The number of rotatable bonds is 3. The predicted molar refractivity (Wildman–Crippen MR) is 104 cm³/mol. The van der Waals surface area contributed by atoms with E-state index in [0.717, 1.165) is 5.56 Å². The monoisotopic (exact) mass is 377 g/mol. The second kappa shape index (κ2) is 6.92. The van der Waals surface area contributed by atoms with Crippen molar-refractivity contribution in [1.82, 2.24) is 0 Å². The van der Waals surface area contributed by atoms with Crippen molar-refractivity contribution in [1.29, 1.82) is 0 Å². The second-order valence-electron chi connectivity index (χ2n) is 7.01. The Morgan fingerprint density at radius 2 is 1.79 bits per heavy atom. The van der Waals surface area contributed by atoms with Gasteiger partial charge in [-0.3, -0.25) is 24.1 Å². The minimum atomic E-state index is -0.577. The summed E-state index contributed by atoms with van der Waals surface area (Å²) in [6, 6.07) is 12.3. The van der Waals surface area contributed by atoms with E-state index in [9.17, 15) is 19.2 Å². The van der Waals surface area contributed by atoms with Gasteiger partial charge in [0.15, 0.2) is 0 Å². The molecule has 2 aromatic carbocycles. The van der Waals surface area contributed by atoms with Gasteiger partial charge in [0.05, 0.1) is 11.6 Å². The van der Waals surface area contributed by atoms with E-state index in [4.69, 9.17) is 0 Å². The Hall–Kier alpha value is -3.48. The highest BCUT2D eigenvalue weighted by Gasteiger charge is 2.32. The van der Waals surface area contributed by atoms with Crippen LogP contribution in [0.5, 0.6) is 0 Å². The fourth-order valence-electron chi connectivity index (χ4n) is 3.70. The molecule has 7 nitrogen and oxygen atoms in total. The van der Waals surface area contributed by atoms with Gasteiger partial charge in [-0.25, -0.2) is 0 Å². The molecule has 7 heteroatoms. The Morgan fingerprint density at radius 3 is 2.50 bits per heavy atom. The van der Waals surface area contributed by atoms with E-state index in [1.807, 2.05) is 18.2 Å². The van der Waals surface area contributed by atoms with Crippen LogP contribution < -0.4 is 15.5 Å². The Bertz CT molecular complexity index is 998. The first kappa shape index (κ1) is 17.9. The normalized spacial score (nSPS) is 18.7. The molecule has 0 radical (unpaired) electrons. The lowest BCUT2D eigenvalue weighted by Gasteiger charge is -2.25. The summed E-state index contributed by atoms with van der Waals surface area (Å²) in [5.74, 6) is -1.48. The zero-order valence-electron chi connectivity index (χ0n) is 15.3. The number of para-hydroxylation sites is 1. The minimum absolute atomic E-state index is 0.0801. The first-order chi connectivity index (χ1) is 13.4. The van der Waals surface area contributed by atoms with Crippen LogP contribution in [0.25, 0.3) is 0 Å². The van der Waals surface area contributed by atoms with Gasteiger partial charge in [0.1, 0.15) is 0 Å². The zero-order valence-corrected chi connectivity index (χ0v) is 15.3. The number of hydrogen-bond donors (Lipinski definition) is 2. The number of aryl methyl sites for hydroxylation is 1. The van der Waals surface area contributed by atoms with E-state index in [-0.39, 0.29) is 42.9 Å². The first-order valence-electron chi connectivity index (χ1n) is 9.10. The standard InChI is InChI=1S/C21H19N3O4/c1-12-10-13(6-7-17(12)24-19(26)8-9-20(24)27)22-21(28)15-11-18(25)23-16-5-3-2-4-14(15)16/h2-7,10,15H,8-9,11H2,1H3,(H,22,28)(H,23,25)/t15-/m1/s1. The lowest BCUT2D eigenvalue weighted by Crippen LogP contribution is -2.31. The number of imide groups is 1. The number of benzene rings is 2. The van der Waals surface area contributed by atoms with Crippen molar-refractivity contribution in [2.45, 2.75) is 32.1 Å². The van der Waals surface area contributed by atoms with Crippen molar-refractivity contribution in [3.05, 3.63) is 53.6 Å². The van der Waals surface area contributed by atoms with Gasteiger partial charge in [-0.2, -0.15) is 0 Å². The molecule has 0 aliphatic carbocycles. The maximum Gasteiger partial charge on any atom is 0.234 e. The molecule has 0 spiro atoms. The molecule has 28 heavy (non-hydrogen) atoms. The zero-order chi connectivity index (χ0) is 19.8. The molecule has 2 aliphatic rings. The van der Waals surface area contributed by atoms with Crippen LogP contribution in [0.3, 0.4) is 0 Å². The fraction of sp³-hybridized carbons (Fsp3) is 0.238. The predicted octanol–water partition coefficient (Wildman–Crippen LogP) is 2.71. The third-order valence-corrected chi connectivity index (χ3v) is 5.07. The van der Waals surface area contributed by atoms with E-state index in [0.29, 0.717) is 22.6 Å². The molecule has 142 valence electrons. The smallest absolute Gasteiger partial charge is 0.234 e. The van der Waals surface area contributed by atoms with Crippen LogP contribution in [0.15, 0.2) is 42.5 Å². The summed E-state index contributed by atoms with van der Waals surface area (Å²) in [6.45, 7) is 1.78. The average molecular weight is 377 g/mol. The highest BCUT2D eigenvalue weighted by molar-refractivity contribution is 6.20. The van der Waals surface area contributed by atoms with Gasteiger partial charge in [0.25, 0.3) is 0 Å². The summed E-state index contributed by atoms with van der Waals surface area (Å²) < 4.78 is 0. The number of nitrogens with zero attached hydrogens (tertiary/aromatic N) is 1. The van der Waals surface area contributed by atoms with E-state index in [1.54, 1.807) is 31.2 Å². The molecule has 0 unspecified atom stereocenters. The second-order valence-corrected chi connectivity index (χ2v) is 7.01. The van der Waals surface area contributed by atoms with Gasteiger partial charge in [-0.05, 0) is 42.3 Å². The Labute approximate surface area is 161 Å². The van der Waals surface area contributed by atoms with Gasteiger partial charge in [-0.1, -0.05) is 18.2 Å². The summed E-state index contributed by atoms with van der Waals surface area (Å²) >= 11 is 0. The Kier molecular flexibility index (Phi) is 4.43. The summed E-state index contributed by atoms with van der Waals surface area (Å²) in [6.07, 6.45) is 0.524. The molecule has 2 heterocycles. The first-order valence-corrected chi connectivity index (χ1v) is 9.10. The van der Waals surface area contributed by atoms with Crippen LogP contribution in [0, 0.1) is 6.92 Å². The van der Waals surface area contributed by atoms with E-state index < -0.39 is 5.92 Å². The van der Waals surface area contributed by atoms with Crippen molar-refractivity contribution in [3.63, 3.8) is 0 Å². The van der Waals surface area contributed by atoms with Gasteiger partial charge in [0.2, 0.25) is 23.6 Å². The van der Waals surface area contributed by atoms with Crippen molar-refractivity contribution < 1.29 is 19.2 Å². The van der Waals surface area contributed by atoms with Crippen molar-refractivity contribution in [3.8, 4) is 0 Å². The third kappa shape index (κ3) is 3.15. The molecule has 2 N–H and O–H groups in total. The number of carbonyl (C=O) groups excluding carboxylic acids is 4. The van der Waals surface area contributed by atoms with E-state index >= 15 is 0 Å². The molecule has 1 atom stereocenters. The van der Waals surface area contributed by atoms with Crippen LogP contribution in [-0.4, -0.2) is 23.6 Å². The van der Waals surface area contributed by atoms with Crippen molar-refractivity contribution in [2.24, 2.45) is 0 Å². The lowest BCUT2D eigenvalue weighted by atomic mass is 9.89. The Balaban J connectivity index is 1.56. The quantitative estimate of drug-likeness (QED) is 0.804. The minimum Gasteiger partial charge on any atom is -0.326 e. The van der Waals surface area contributed by atoms with Crippen LogP contribution >= 0.6 is 0 Å². The molecule has 2 aliphatic heterocycles. The molecular formula is C21H19N3O4. The summed E-state index contributed by atoms with van der Waals surface area (Å²) in [4.78, 5) is 49.9. The molecular weight excluding hydrogens is 358 g/mol. The number of anilines is 3. The number of fused-ring (bicyclic) bond motifs is 1. The molecule has 0 bridgehead atoms. The molecule has 4 rings (SSSR count). The topological polar surface area (TPSA) is 95.6 Å². The van der Waals surface area contributed by atoms with Gasteiger partial charge in [-0.15, -0.1) is 0 Å².